The highest BCUT2D eigenvalue weighted by molar-refractivity contribution is 5.13. The summed E-state index contributed by atoms with van der Waals surface area (Å²) in [4.78, 5) is 0. The van der Waals surface area contributed by atoms with Crippen LogP contribution in [0, 0.1) is 17.8 Å². The molecule has 0 saturated carbocycles. The van der Waals surface area contributed by atoms with Gasteiger partial charge in [0.2, 0.25) is 0 Å². The van der Waals surface area contributed by atoms with Gasteiger partial charge in [0, 0.05) is 5.92 Å². The maximum absolute atomic E-state index is 6.17. The highest BCUT2D eigenvalue weighted by atomic mass is 16.5. The molecule has 0 aliphatic heterocycles. The molecule has 19 heavy (non-hydrogen) atoms. The van der Waals surface area contributed by atoms with E-state index in [9.17, 15) is 0 Å². The van der Waals surface area contributed by atoms with Crippen molar-refractivity contribution in [3.8, 4) is 0 Å². The lowest BCUT2D eigenvalue weighted by Gasteiger charge is -2.29. The van der Waals surface area contributed by atoms with Crippen molar-refractivity contribution in [1.82, 2.24) is 0 Å². The highest BCUT2D eigenvalue weighted by Gasteiger charge is 2.23. The summed E-state index contributed by atoms with van der Waals surface area (Å²) in [5, 5.41) is 0. The van der Waals surface area contributed by atoms with Gasteiger partial charge in [-0.05, 0) is 23.8 Å². The lowest BCUT2D eigenvalue weighted by atomic mass is 9.87. The standard InChI is InChI=1S/C18H28O/c1-6-15(4)18(16(5)12-14(2)3)19-13-17-10-8-7-9-11-17/h6-11,14-16,18H,1,12-13H2,2-5H3/t15-,16-,18+/m1/s1. The van der Waals surface area contributed by atoms with E-state index in [1.165, 1.54) is 12.0 Å². The Bertz CT molecular complexity index is 355. The van der Waals surface area contributed by atoms with E-state index < -0.39 is 0 Å². The first-order valence-corrected chi connectivity index (χ1v) is 7.32. The van der Waals surface area contributed by atoms with E-state index in [0.29, 0.717) is 24.4 Å². The van der Waals surface area contributed by atoms with Gasteiger partial charge in [-0.1, -0.05) is 64.1 Å². The summed E-state index contributed by atoms with van der Waals surface area (Å²) >= 11 is 0. The number of benzene rings is 1. The first-order chi connectivity index (χ1) is 9.04. The zero-order valence-electron chi connectivity index (χ0n) is 12.8. The van der Waals surface area contributed by atoms with Gasteiger partial charge in [-0.15, -0.1) is 6.58 Å². The van der Waals surface area contributed by atoms with Crippen molar-refractivity contribution in [1.29, 1.82) is 0 Å². The fourth-order valence-corrected chi connectivity index (χ4v) is 2.61. The van der Waals surface area contributed by atoms with E-state index in [4.69, 9.17) is 4.74 Å². The van der Waals surface area contributed by atoms with Crippen LogP contribution < -0.4 is 0 Å². The number of ether oxygens (including phenoxy) is 1. The van der Waals surface area contributed by atoms with Gasteiger partial charge in [0.15, 0.2) is 0 Å². The largest absolute Gasteiger partial charge is 0.373 e. The van der Waals surface area contributed by atoms with Crippen molar-refractivity contribution in [2.75, 3.05) is 0 Å². The van der Waals surface area contributed by atoms with Gasteiger partial charge in [-0.2, -0.15) is 0 Å². The van der Waals surface area contributed by atoms with Crippen LogP contribution in [0.1, 0.15) is 39.7 Å². The Morgan fingerprint density at radius 3 is 2.26 bits per heavy atom. The third kappa shape index (κ3) is 5.61. The van der Waals surface area contributed by atoms with Crippen molar-refractivity contribution >= 4 is 0 Å². The summed E-state index contributed by atoms with van der Waals surface area (Å²) in [6.07, 6.45) is 3.45. The second-order valence-corrected chi connectivity index (χ2v) is 5.96. The average molecular weight is 260 g/mol. The fourth-order valence-electron chi connectivity index (χ4n) is 2.61. The van der Waals surface area contributed by atoms with Crippen molar-refractivity contribution < 1.29 is 4.74 Å². The average Bonchev–Trinajstić information content (AvgIpc) is 2.39. The molecular formula is C18H28O. The lowest BCUT2D eigenvalue weighted by molar-refractivity contribution is -0.0215. The molecule has 1 heteroatoms. The van der Waals surface area contributed by atoms with E-state index in [0.717, 1.165) is 0 Å². The number of hydrogen-bond acceptors (Lipinski definition) is 1. The van der Waals surface area contributed by atoms with Crippen LogP contribution in [-0.4, -0.2) is 6.10 Å². The monoisotopic (exact) mass is 260 g/mol. The number of rotatable bonds is 8. The van der Waals surface area contributed by atoms with Gasteiger partial charge in [0.25, 0.3) is 0 Å². The Hall–Kier alpha value is -1.08. The summed E-state index contributed by atoms with van der Waals surface area (Å²) in [6, 6.07) is 10.4. The predicted molar refractivity (Wildman–Crippen MR) is 83.0 cm³/mol. The summed E-state index contributed by atoms with van der Waals surface area (Å²) in [5.41, 5.74) is 1.24. The van der Waals surface area contributed by atoms with Gasteiger partial charge >= 0.3 is 0 Å². The summed E-state index contributed by atoms with van der Waals surface area (Å²) < 4.78 is 6.17. The third-order valence-electron chi connectivity index (χ3n) is 3.58. The Morgan fingerprint density at radius 2 is 1.74 bits per heavy atom. The molecule has 3 atom stereocenters. The Labute approximate surface area is 118 Å². The van der Waals surface area contributed by atoms with Gasteiger partial charge < -0.3 is 4.74 Å². The molecule has 1 aromatic rings. The van der Waals surface area contributed by atoms with Crippen molar-refractivity contribution in [2.45, 2.75) is 46.8 Å². The molecule has 0 saturated heterocycles. The minimum Gasteiger partial charge on any atom is -0.373 e. The maximum atomic E-state index is 6.17. The van der Waals surface area contributed by atoms with Crippen LogP contribution in [0.3, 0.4) is 0 Å². The maximum Gasteiger partial charge on any atom is 0.0721 e. The van der Waals surface area contributed by atoms with Crippen molar-refractivity contribution in [2.24, 2.45) is 17.8 Å². The molecule has 1 rings (SSSR count). The Morgan fingerprint density at radius 1 is 1.11 bits per heavy atom. The molecule has 0 unspecified atom stereocenters. The van der Waals surface area contributed by atoms with Crippen LogP contribution in [0.15, 0.2) is 43.0 Å². The summed E-state index contributed by atoms with van der Waals surface area (Å²) in [6.45, 7) is 13.6. The van der Waals surface area contributed by atoms with Crippen molar-refractivity contribution in [3.63, 3.8) is 0 Å². The fraction of sp³-hybridized carbons (Fsp3) is 0.556. The van der Waals surface area contributed by atoms with Gasteiger partial charge in [0.1, 0.15) is 0 Å². The molecule has 0 N–H and O–H groups in total. The zero-order valence-corrected chi connectivity index (χ0v) is 12.8. The molecule has 0 aromatic heterocycles. The van der Waals surface area contributed by atoms with Gasteiger partial charge in [-0.3, -0.25) is 0 Å². The molecule has 0 bridgehead atoms. The molecular weight excluding hydrogens is 232 g/mol. The quantitative estimate of drug-likeness (QED) is 0.592. The van der Waals surface area contributed by atoms with E-state index in [-0.39, 0.29) is 6.10 Å². The highest BCUT2D eigenvalue weighted by Crippen LogP contribution is 2.25. The van der Waals surface area contributed by atoms with E-state index in [1.54, 1.807) is 0 Å². The molecule has 0 heterocycles. The van der Waals surface area contributed by atoms with Crippen LogP contribution in [0.5, 0.6) is 0 Å². The van der Waals surface area contributed by atoms with Gasteiger partial charge in [0.05, 0.1) is 12.7 Å². The molecule has 0 spiro atoms. The minimum atomic E-state index is 0.250. The summed E-state index contributed by atoms with van der Waals surface area (Å²) in [7, 11) is 0. The molecule has 0 radical (unpaired) electrons. The Balaban J connectivity index is 2.61. The predicted octanol–water partition coefficient (Wildman–Crippen LogP) is 5.08. The molecule has 0 aliphatic rings. The van der Waals surface area contributed by atoms with Crippen LogP contribution in [0.25, 0.3) is 0 Å². The van der Waals surface area contributed by atoms with Crippen molar-refractivity contribution in [3.05, 3.63) is 48.6 Å². The first kappa shape index (κ1) is 16.0. The topological polar surface area (TPSA) is 9.23 Å². The van der Waals surface area contributed by atoms with Crippen LogP contribution in [0.2, 0.25) is 0 Å². The smallest absolute Gasteiger partial charge is 0.0721 e. The van der Waals surface area contributed by atoms with E-state index in [1.807, 2.05) is 12.1 Å². The van der Waals surface area contributed by atoms with E-state index in [2.05, 4.69) is 58.5 Å². The molecule has 0 amide bonds. The molecule has 106 valence electrons. The normalized spacial score (nSPS) is 16.1. The molecule has 1 aromatic carbocycles. The third-order valence-corrected chi connectivity index (χ3v) is 3.58. The minimum absolute atomic E-state index is 0.250. The number of hydrogen-bond donors (Lipinski definition) is 0. The van der Waals surface area contributed by atoms with Crippen LogP contribution in [0.4, 0.5) is 0 Å². The second-order valence-electron chi connectivity index (χ2n) is 5.96. The SMILES string of the molecule is C=C[C@@H](C)[C@H](OCc1ccccc1)[C@H](C)CC(C)C. The van der Waals surface area contributed by atoms with Gasteiger partial charge in [-0.25, -0.2) is 0 Å². The molecule has 0 aliphatic carbocycles. The first-order valence-electron chi connectivity index (χ1n) is 7.32. The molecule has 1 nitrogen and oxygen atoms in total. The lowest BCUT2D eigenvalue weighted by Crippen LogP contribution is -2.29. The van der Waals surface area contributed by atoms with Crippen LogP contribution >= 0.6 is 0 Å². The Kier molecular flexibility index (Phi) is 6.86. The summed E-state index contributed by atoms with van der Waals surface area (Å²) in [5.74, 6) is 1.64. The zero-order chi connectivity index (χ0) is 14.3. The van der Waals surface area contributed by atoms with Crippen LogP contribution in [-0.2, 0) is 11.3 Å². The molecule has 0 fully saturated rings. The van der Waals surface area contributed by atoms with E-state index >= 15 is 0 Å². The second kappa shape index (κ2) is 8.16.